The van der Waals surface area contributed by atoms with Gasteiger partial charge in [0.1, 0.15) is 5.82 Å². The maximum atomic E-state index is 4.46. The van der Waals surface area contributed by atoms with Gasteiger partial charge in [0.25, 0.3) is 0 Å². The van der Waals surface area contributed by atoms with Crippen LogP contribution in [-0.4, -0.2) is 15.9 Å². The molecule has 0 saturated carbocycles. The van der Waals surface area contributed by atoms with Crippen LogP contribution in [0, 0.1) is 5.92 Å². The highest BCUT2D eigenvalue weighted by Crippen LogP contribution is 2.17. The summed E-state index contributed by atoms with van der Waals surface area (Å²) in [5.74, 6) is 2.23. The molecule has 0 atom stereocenters. The number of hydrogen-bond donors (Lipinski definition) is 1. The van der Waals surface area contributed by atoms with E-state index >= 15 is 0 Å². The molecule has 0 aliphatic carbocycles. The standard InChI is InChI=1S/C14H27N3S/c1-11(2)9-7-5-6-8-10-15-14-16-13(12(3)4)17-18-14/h11-12H,5-10H2,1-4H3,(H,15,16,17). The molecule has 0 aromatic carbocycles. The smallest absolute Gasteiger partial charge is 0.202 e. The molecule has 0 radical (unpaired) electrons. The molecule has 0 aliphatic rings. The fourth-order valence-corrected chi connectivity index (χ4v) is 2.50. The summed E-state index contributed by atoms with van der Waals surface area (Å²) in [5.41, 5.74) is 0. The molecule has 0 aliphatic heterocycles. The molecule has 0 unspecified atom stereocenters. The molecule has 1 N–H and O–H groups in total. The Labute approximate surface area is 116 Å². The van der Waals surface area contributed by atoms with Crippen molar-refractivity contribution in [1.29, 1.82) is 0 Å². The van der Waals surface area contributed by atoms with Crippen LogP contribution in [0.25, 0.3) is 0 Å². The van der Waals surface area contributed by atoms with Crippen LogP contribution in [0.3, 0.4) is 0 Å². The van der Waals surface area contributed by atoms with Crippen LogP contribution in [0.1, 0.15) is 71.5 Å². The Kier molecular flexibility index (Phi) is 7.25. The van der Waals surface area contributed by atoms with E-state index in [1.165, 1.54) is 43.6 Å². The zero-order valence-corrected chi connectivity index (χ0v) is 13.0. The highest BCUT2D eigenvalue weighted by Gasteiger charge is 2.06. The number of nitrogens with one attached hydrogen (secondary N) is 1. The Hall–Kier alpha value is -0.640. The Morgan fingerprint density at radius 3 is 2.39 bits per heavy atom. The average molecular weight is 269 g/mol. The molecule has 1 aromatic heterocycles. The van der Waals surface area contributed by atoms with E-state index in [-0.39, 0.29) is 0 Å². The minimum atomic E-state index is 0.424. The zero-order chi connectivity index (χ0) is 13.4. The Morgan fingerprint density at radius 2 is 1.78 bits per heavy atom. The number of unbranched alkanes of at least 4 members (excludes halogenated alkanes) is 3. The van der Waals surface area contributed by atoms with Gasteiger partial charge in [0.2, 0.25) is 5.13 Å². The molecule has 4 heteroatoms. The topological polar surface area (TPSA) is 37.8 Å². The summed E-state index contributed by atoms with van der Waals surface area (Å²) in [6.07, 6.45) is 6.63. The monoisotopic (exact) mass is 269 g/mol. The van der Waals surface area contributed by atoms with Gasteiger partial charge < -0.3 is 5.32 Å². The third-order valence-electron chi connectivity index (χ3n) is 2.94. The number of nitrogens with zero attached hydrogens (tertiary/aromatic N) is 2. The van der Waals surface area contributed by atoms with Gasteiger partial charge in [0.05, 0.1) is 0 Å². The van der Waals surface area contributed by atoms with Crippen molar-refractivity contribution in [3.63, 3.8) is 0 Å². The van der Waals surface area contributed by atoms with E-state index in [1.807, 2.05) is 0 Å². The second-order valence-electron chi connectivity index (χ2n) is 5.64. The summed E-state index contributed by atoms with van der Waals surface area (Å²) < 4.78 is 4.33. The number of aromatic nitrogens is 2. The predicted molar refractivity (Wildman–Crippen MR) is 80.4 cm³/mol. The van der Waals surface area contributed by atoms with E-state index in [1.54, 1.807) is 0 Å². The molecule has 0 fully saturated rings. The van der Waals surface area contributed by atoms with Gasteiger partial charge in [-0.2, -0.15) is 4.37 Å². The Morgan fingerprint density at radius 1 is 1.06 bits per heavy atom. The summed E-state index contributed by atoms with van der Waals surface area (Å²) in [6.45, 7) is 9.86. The molecule has 0 saturated heterocycles. The van der Waals surface area contributed by atoms with Crippen molar-refractivity contribution in [3.05, 3.63) is 5.82 Å². The molecule has 3 nitrogen and oxygen atoms in total. The third-order valence-corrected chi connectivity index (χ3v) is 3.63. The number of hydrogen-bond acceptors (Lipinski definition) is 4. The number of rotatable bonds is 9. The minimum Gasteiger partial charge on any atom is -0.360 e. The lowest BCUT2D eigenvalue weighted by Crippen LogP contribution is -2.01. The fraction of sp³-hybridized carbons (Fsp3) is 0.857. The first-order chi connectivity index (χ1) is 8.59. The van der Waals surface area contributed by atoms with Crippen molar-refractivity contribution in [2.45, 2.75) is 65.7 Å². The first-order valence-corrected chi connectivity index (χ1v) is 7.94. The van der Waals surface area contributed by atoms with Crippen molar-refractivity contribution in [2.75, 3.05) is 11.9 Å². The van der Waals surface area contributed by atoms with Gasteiger partial charge in [-0.25, -0.2) is 4.98 Å². The minimum absolute atomic E-state index is 0.424. The van der Waals surface area contributed by atoms with Gasteiger partial charge in [-0.1, -0.05) is 53.4 Å². The van der Waals surface area contributed by atoms with Gasteiger partial charge in [-0.05, 0) is 12.3 Å². The van der Waals surface area contributed by atoms with Crippen molar-refractivity contribution in [2.24, 2.45) is 5.92 Å². The normalized spacial score (nSPS) is 11.4. The SMILES string of the molecule is CC(C)CCCCCCNc1nc(C(C)C)ns1. The van der Waals surface area contributed by atoms with Crippen LogP contribution in [0.5, 0.6) is 0 Å². The molecule has 0 spiro atoms. The van der Waals surface area contributed by atoms with Crippen LogP contribution in [0.4, 0.5) is 5.13 Å². The van der Waals surface area contributed by atoms with E-state index in [9.17, 15) is 0 Å². The zero-order valence-electron chi connectivity index (χ0n) is 12.2. The lowest BCUT2D eigenvalue weighted by atomic mass is 10.0. The lowest BCUT2D eigenvalue weighted by molar-refractivity contribution is 0.523. The molecule has 0 amide bonds. The second-order valence-corrected chi connectivity index (χ2v) is 6.39. The molecule has 0 bridgehead atoms. The fourth-order valence-electron chi connectivity index (χ4n) is 1.77. The molecular formula is C14H27N3S. The molecule has 1 heterocycles. The average Bonchev–Trinajstić information content (AvgIpc) is 2.76. The first-order valence-electron chi connectivity index (χ1n) is 7.17. The highest BCUT2D eigenvalue weighted by atomic mass is 32.1. The Bertz CT molecular complexity index is 321. The third kappa shape index (κ3) is 6.34. The van der Waals surface area contributed by atoms with Crippen LogP contribution in [-0.2, 0) is 0 Å². The van der Waals surface area contributed by atoms with E-state index < -0.39 is 0 Å². The van der Waals surface area contributed by atoms with Crippen molar-refractivity contribution in [1.82, 2.24) is 9.36 Å². The summed E-state index contributed by atoms with van der Waals surface area (Å²) in [6, 6.07) is 0. The molecular weight excluding hydrogens is 242 g/mol. The summed E-state index contributed by atoms with van der Waals surface area (Å²) in [4.78, 5) is 4.46. The van der Waals surface area contributed by atoms with Gasteiger partial charge in [-0.3, -0.25) is 0 Å². The van der Waals surface area contributed by atoms with E-state index in [2.05, 4.69) is 42.4 Å². The maximum absolute atomic E-state index is 4.46. The predicted octanol–water partition coefficient (Wildman–Crippen LogP) is 4.68. The summed E-state index contributed by atoms with van der Waals surface area (Å²) in [5, 5.41) is 4.34. The molecule has 104 valence electrons. The molecule has 18 heavy (non-hydrogen) atoms. The highest BCUT2D eigenvalue weighted by molar-refractivity contribution is 7.09. The second kappa shape index (κ2) is 8.46. The van der Waals surface area contributed by atoms with Crippen LogP contribution < -0.4 is 5.32 Å². The van der Waals surface area contributed by atoms with E-state index in [0.717, 1.165) is 23.4 Å². The summed E-state index contributed by atoms with van der Waals surface area (Å²) in [7, 11) is 0. The first kappa shape index (κ1) is 15.4. The van der Waals surface area contributed by atoms with Crippen molar-refractivity contribution in [3.8, 4) is 0 Å². The van der Waals surface area contributed by atoms with Crippen LogP contribution in [0.2, 0.25) is 0 Å². The maximum Gasteiger partial charge on any atom is 0.202 e. The van der Waals surface area contributed by atoms with Crippen molar-refractivity contribution >= 4 is 16.7 Å². The van der Waals surface area contributed by atoms with Gasteiger partial charge in [0.15, 0.2) is 0 Å². The molecule has 1 rings (SSSR count). The lowest BCUT2D eigenvalue weighted by Gasteiger charge is -2.04. The number of anilines is 1. The largest absolute Gasteiger partial charge is 0.360 e. The van der Waals surface area contributed by atoms with Gasteiger partial charge in [0, 0.05) is 24.0 Å². The molecule has 1 aromatic rings. The van der Waals surface area contributed by atoms with Crippen LogP contribution in [0.15, 0.2) is 0 Å². The van der Waals surface area contributed by atoms with E-state index in [4.69, 9.17) is 0 Å². The van der Waals surface area contributed by atoms with E-state index in [0.29, 0.717) is 5.92 Å². The van der Waals surface area contributed by atoms with Gasteiger partial charge >= 0.3 is 0 Å². The van der Waals surface area contributed by atoms with Gasteiger partial charge in [-0.15, -0.1) is 0 Å². The summed E-state index contributed by atoms with van der Waals surface area (Å²) >= 11 is 1.48. The van der Waals surface area contributed by atoms with Crippen LogP contribution >= 0.6 is 11.5 Å². The van der Waals surface area contributed by atoms with Crippen molar-refractivity contribution < 1.29 is 0 Å². The Balaban J connectivity index is 2.03. The quantitative estimate of drug-likeness (QED) is 0.661.